The van der Waals surface area contributed by atoms with E-state index in [-0.39, 0.29) is 5.91 Å². The first-order chi connectivity index (χ1) is 12.1. The van der Waals surface area contributed by atoms with Gasteiger partial charge in [-0.1, -0.05) is 57.6 Å². The van der Waals surface area contributed by atoms with E-state index in [0.717, 1.165) is 19.8 Å². The molecule has 0 spiro atoms. The molecule has 4 nitrogen and oxygen atoms in total. The first-order valence-corrected chi connectivity index (χ1v) is 9.77. The van der Waals surface area contributed by atoms with Crippen molar-refractivity contribution in [1.29, 1.82) is 0 Å². The van der Waals surface area contributed by atoms with Crippen LogP contribution in [0.1, 0.15) is 12.5 Å². The smallest absolute Gasteiger partial charge is 0.242 e. The number of benzene rings is 2. The number of amides is 1. The van der Waals surface area contributed by atoms with Gasteiger partial charge in [-0.25, -0.2) is 4.98 Å². The van der Waals surface area contributed by atoms with Crippen molar-refractivity contribution in [2.75, 3.05) is 25.0 Å². The number of anilines is 1. The molecule has 1 heterocycles. The average molecular weight is 418 g/mol. The molecule has 3 aromatic rings. The van der Waals surface area contributed by atoms with Crippen LogP contribution in [-0.2, 0) is 11.3 Å². The van der Waals surface area contributed by atoms with E-state index in [1.165, 1.54) is 5.56 Å². The van der Waals surface area contributed by atoms with Gasteiger partial charge in [0.1, 0.15) is 0 Å². The molecule has 25 heavy (non-hydrogen) atoms. The molecule has 0 saturated carbocycles. The minimum absolute atomic E-state index is 0.0658. The van der Waals surface area contributed by atoms with Crippen molar-refractivity contribution in [1.82, 2.24) is 9.88 Å². The second-order valence-electron chi connectivity index (χ2n) is 5.87. The Kier molecular flexibility index (Phi) is 5.83. The number of likely N-dealkylation sites (N-methyl/N-ethyl adjacent to an activating group) is 2. The summed E-state index contributed by atoms with van der Waals surface area (Å²) in [5, 5.41) is 0.767. The summed E-state index contributed by atoms with van der Waals surface area (Å²) in [5.41, 5.74) is 2.11. The molecule has 1 aromatic heterocycles. The fourth-order valence-corrected chi connectivity index (χ4v) is 4.14. The highest BCUT2D eigenvalue weighted by Gasteiger charge is 2.19. The van der Waals surface area contributed by atoms with Crippen LogP contribution in [0.2, 0.25) is 0 Å². The molecular weight excluding hydrogens is 398 g/mol. The largest absolute Gasteiger partial charge is 0.293 e. The van der Waals surface area contributed by atoms with Gasteiger partial charge < -0.3 is 0 Å². The molecule has 0 saturated heterocycles. The predicted molar refractivity (Wildman–Crippen MR) is 108 cm³/mol. The molecule has 130 valence electrons. The number of aromatic nitrogens is 1. The number of thiazole rings is 1. The molecule has 0 radical (unpaired) electrons. The Hall–Kier alpha value is -1.76. The van der Waals surface area contributed by atoms with Gasteiger partial charge in [-0.15, -0.1) is 0 Å². The van der Waals surface area contributed by atoms with Crippen molar-refractivity contribution in [3.8, 4) is 0 Å². The highest BCUT2D eigenvalue weighted by Crippen LogP contribution is 2.28. The summed E-state index contributed by atoms with van der Waals surface area (Å²) in [7, 11) is 1.96. The lowest BCUT2D eigenvalue weighted by Gasteiger charge is -2.22. The minimum Gasteiger partial charge on any atom is -0.293 e. The molecule has 0 aliphatic carbocycles. The lowest BCUT2D eigenvalue weighted by molar-refractivity contribution is -0.119. The van der Waals surface area contributed by atoms with E-state index in [1.807, 2.05) is 61.3 Å². The number of hydrogen-bond acceptors (Lipinski definition) is 4. The first-order valence-electron chi connectivity index (χ1n) is 8.16. The number of hydrogen-bond donors (Lipinski definition) is 0. The molecule has 0 bridgehead atoms. The maximum Gasteiger partial charge on any atom is 0.242 e. The third-order valence-corrected chi connectivity index (χ3v) is 5.77. The van der Waals surface area contributed by atoms with Gasteiger partial charge in [0.15, 0.2) is 5.13 Å². The number of para-hydroxylation sites is 1. The van der Waals surface area contributed by atoms with E-state index in [9.17, 15) is 4.79 Å². The predicted octanol–water partition coefficient (Wildman–Crippen LogP) is 4.54. The van der Waals surface area contributed by atoms with Crippen LogP contribution in [0.4, 0.5) is 5.13 Å². The molecular formula is C19H20BrN3OS. The Labute approximate surface area is 160 Å². The quantitative estimate of drug-likeness (QED) is 0.590. The van der Waals surface area contributed by atoms with Crippen molar-refractivity contribution >= 4 is 48.5 Å². The zero-order valence-corrected chi connectivity index (χ0v) is 16.7. The second kappa shape index (κ2) is 8.08. The van der Waals surface area contributed by atoms with Crippen LogP contribution in [0.5, 0.6) is 0 Å². The van der Waals surface area contributed by atoms with Crippen molar-refractivity contribution < 1.29 is 4.79 Å². The summed E-state index contributed by atoms with van der Waals surface area (Å²) in [4.78, 5) is 21.2. The number of nitrogens with zero attached hydrogens (tertiary/aromatic N) is 3. The SMILES string of the molecule is CCN(C(=O)CN(C)Cc1ccccc1Br)c1nc2ccccc2s1. The Balaban J connectivity index is 1.70. The van der Waals surface area contributed by atoms with Crippen LogP contribution < -0.4 is 4.90 Å². The number of fused-ring (bicyclic) bond motifs is 1. The lowest BCUT2D eigenvalue weighted by atomic mass is 10.2. The Bertz CT molecular complexity index is 847. The van der Waals surface area contributed by atoms with Crippen molar-refractivity contribution in [3.05, 3.63) is 58.6 Å². The molecule has 0 aliphatic rings. The topological polar surface area (TPSA) is 36.4 Å². The highest BCUT2D eigenvalue weighted by molar-refractivity contribution is 9.10. The lowest BCUT2D eigenvalue weighted by Crippen LogP contribution is -2.38. The zero-order valence-electron chi connectivity index (χ0n) is 14.3. The Morgan fingerprint density at radius 1 is 1.16 bits per heavy atom. The van der Waals surface area contributed by atoms with Crippen LogP contribution in [0, 0.1) is 0 Å². The van der Waals surface area contributed by atoms with Crippen LogP contribution in [0.25, 0.3) is 10.2 Å². The minimum atomic E-state index is 0.0658. The summed E-state index contributed by atoms with van der Waals surface area (Å²) in [5.74, 6) is 0.0658. The monoisotopic (exact) mass is 417 g/mol. The van der Waals surface area contributed by atoms with Crippen molar-refractivity contribution in [2.24, 2.45) is 0 Å². The molecule has 0 N–H and O–H groups in total. The molecule has 6 heteroatoms. The van der Waals surface area contributed by atoms with Gasteiger partial charge in [0, 0.05) is 17.6 Å². The normalized spacial score (nSPS) is 11.2. The van der Waals surface area contributed by atoms with Gasteiger partial charge in [0.25, 0.3) is 0 Å². The summed E-state index contributed by atoms with van der Waals surface area (Å²) < 4.78 is 2.16. The van der Waals surface area contributed by atoms with E-state index < -0.39 is 0 Å². The van der Waals surface area contributed by atoms with Gasteiger partial charge >= 0.3 is 0 Å². The summed E-state index contributed by atoms with van der Waals surface area (Å²) in [6.07, 6.45) is 0. The molecule has 3 rings (SSSR count). The molecule has 1 amide bonds. The van der Waals surface area contributed by atoms with Gasteiger partial charge in [-0.3, -0.25) is 14.6 Å². The van der Waals surface area contributed by atoms with Gasteiger partial charge in [0.2, 0.25) is 5.91 Å². The molecule has 0 atom stereocenters. The molecule has 0 aliphatic heterocycles. The third-order valence-electron chi connectivity index (χ3n) is 3.93. The summed E-state index contributed by atoms with van der Waals surface area (Å²) in [6, 6.07) is 16.1. The van der Waals surface area contributed by atoms with E-state index in [4.69, 9.17) is 0 Å². The maximum absolute atomic E-state index is 12.8. The first kappa shape index (κ1) is 18.0. The fraction of sp³-hybridized carbons (Fsp3) is 0.263. The maximum atomic E-state index is 12.8. The van der Waals surface area contributed by atoms with Crippen LogP contribution in [0.3, 0.4) is 0 Å². The summed E-state index contributed by atoms with van der Waals surface area (Å²) in [6.45, 7) is 3.66. The average Bonchev–Trinajstić information content (AvgIpc) is 3.01. The molecule has 0 unspecified atom stereocenters. The van der Waals surface area contributed by atoms with E-state index >= 15 is 0 Å². The highest BCUT2D eigenvalue weighted by atomic mass is 79.9. The van der Waals surface area contributed by atoms with Gasteiger partial charge in [-0.2, -0.15) is 0 Å². The van der Waals surface area contributed by atoms with Gasteiger partial charge in [-0.05, 0) is 37.7 Å². The van der Waals surface area contributed by atoms with Crippen LogP contribution in [-0.4, -0.2) is 35.9 Å². The summed E-state index contributed by atoms with van der Waals surface area (Å²) >= 11 is 5.12. The number of rotatable bonds is 6. The number of carbonyl (C=O) groups is 1. The van der Waals surface area contributed by atoms with Crippen LogP contribution in [0.15, 0.2) is 53.0 Å². The van der Waals surface area contributed by atoms with Crippen LogP contribution >= 0.6 is 27.3 Å². The molecule has 0 fully saturated rings. The zero-order chi connectivity index (χ0) is 17.8. The number of carbonyl (C=O) groups excluding carboxylic acids is 1. The van der Waals surface area contributed by atoms with Crippen molar-refractivity contribution in [2.45, 2.75) is 13.5 Å². The standard InChI is InChI=1S/C19H20BrN3OS/c1-3-23(19-21-16-10-6-7-11-17(16)25-19)18(24)13-22(2)12-14-8-4-5-9-15(14)20/h4-11H,3,12-13H2,1-2H3. The van der Waals surface area contributed by atoms with E-state index in [1.54, 1.807) is 16.2 Å². The Morgan fingerprint density at radius 3 is 2.60 bits per heavy atom. The third kappa shape index (κ3) is 4.26. The van der Waals surface area contributed by atoms with Crippen molar-refractivity contribution in [3.63, 3.8) is 0 Å². The molecule has 2 aromatic carbocycles. The van der Waals surface area contributed by atoms with E-state index in [2.05, 4.69) is 27.0 Å². The van der Waals surface area contributed by atoms with Gasteiger partial charge in [0.05, 0.1) is 16.8 Å². The Morgan fingerprint density at radius 2 is 1.88 bits per heavy atom. The van der Waals surface area contributed by atoms with E-state index in [0.29, 0.717) is 19.6 Å². The fourth-order valence-electron chi connectivity index (χ4n) is 2.68. The second-order valence-corrected chi connectivity index (χ2v) is 7.73. The number of halogens is 1.